The Morgan fingerprint density at radius 3 is 2.89 bits per heavy atom. The molecule has 1 saturated carbocycles. The second kappa shape index (κ2) is 5.09. The molecule has 1 fully saturated rings. The molecule has 1 heterocycles. The van der Waals surface area contributed by atoms with E-state index >= 15 is 0 Å². The summed E-state index contributed by atoms with van der Waals surface area (Å²) in [5.74, 6) is -1.08. The van der Waals surface area contributed by atoms with Crippen LogP contribution in [0.15, 0.2) is 30.7 Å². The number of hydrogen-bond donors (Lipinski definition) is 1. The maximum atomic E-state index is 13.5. The summed E-state index contributed by atoms with van der Waals surface area (Å²) in [5.41, 5.74) is 1.40. The summed E-state index contributed by atoms with van der Waals surface area (Å²) in [5, 5.41) is 3.37. The molecule has 2 aromatic rings. The number of rotatable bonds is 5. The fourth-order valence-electron chi connectivity index (χ4n) is 1.97. The van der Waals surface area contributed by atoms with Crippen LogP contribution < -0.4 is 5.32 Å². The van der Waals surface area contributed by atoms with E-state index in [0.717, 1.165) is 18.3 Å². The average Bonchev–Trinajstić information content (AvgIpc) is 3.10. The predicted molar refractivity (Wildman–Crippen MR) is 67.5 cm³/mol. The Labute approximate surface area is 110 Å². The second-order valence-corrected chi connectivity index (χ2v) is 4.93. The van der Waals surface area contributed by atoms with E-state index in [0.29, 0.717) is 18.2 Å². The van der Waals surface area contributed by atoms with Crippen LogP contribution in [0.2, 0.25) is 0 Å². The van der Waals surface area contributed by atoms with Crippen LogP contribution in [0.25, 0.3) is 0 Å². The number of nitrogens with zero attached hydrogens (tertiary/aromatic N) is 2. The van der Waals surface area contributed by atoms with Gasteiger partial charge in [-0.15, -0.1) is 0 Å². The molecule has 1 aromatic carbocycles. The van der Waals surface area contributed by atoms with E-state index in [9.17, 15) is 8.78 Å². The Balaban J connectivity index is 1.65. The van der Waals surface area contributed by atoms with Crippen LogP contribution in [0.5, 0.6) is 0 Å². The second-order valence-electron chi connectivity index (χ2n) is 4.93. The minimum atomic E-state index is -0.554. The highest BCUT2D eigenvalue weighted by atomic mass is 19.1. The van der Waals surface area contributed by atoms with Gasteiger partial charge in [-0.2, -0.15) is 0 Å². The molecule has 1 N–H and O–H groups in total. The van der Waals surface area contributed by atoms with Gasteiger partial charge in [0.2, 0.25) is 0 Å². The van der Waals surface area contributed by atoms with Gasteiger partial charge < -0.3 is 9.88 Å². The standard InChI is InChI=1S/C14H15F2N3/c15-11-2-1-10(14(16)5-11)7-19-8-13(18-9-19)6-17-12-3-4-12/h1-2,5,8-9,12,17H,3-4,6-7H2. The molecule has 1 aromatic heterocycles. The first-order valence-corrected chi connectivity index (χ1v) is 6.38. The van der Waals surface area contributed by atoms with Crippen LogP contribution >= 0.6 is 0 Å². The van der Waals surface area contributed by atoms with Gasteiger partial charge in [-0.3, -0.25) is 0 Å². The summed E-state index contributed by atoms with van der Waals surface area (Å²) in [4.78, 5) is 4.26. The van der Waals surface area contributed by atoms with Crippen molar-refractivity contribution in [1.29, 1.82) is 0 Å². The maximum absolute atomic E-state index is 13.5. The Morgan fingerprint density at radius 1 is 1.32 bits per heavy atom. The van der Waals surface area contributed by atoms with E-state index in [1.807, 2.05) is 6.20 Å². The average molecular weight is 263 g/mol. The summed E-state index contributed by atoms with van der Waals surface area (Å²) in [6, 6.07) is 4.28. The third kappa shape index (κ3) is 3.17. The number of imidazole rings is 1. The molecular formula is C14H15F2N3. The largest absolute Gasteiger partial charge is 0.333 e. The Morgan fingerprint density at radius 2 is 2.16 bits per heavy atom. The number of halogens is 2. The summed E-state index contributed by atoms with van der Waals surface area (Å²) >= 11 is 0. The predicted octanol–water partition coefficient (Wildman–Crippen LogP) is 2.46. The SMILES string of the molecule is Fc1ccc(Cn2cnc(CNC3CC3)c2)c(F)c1. The molecular weight excluding hydrogens is 248 g/mol. The van der Waals surface area contributed by atoms with Gasteiger partial charge >= 0.3 is 0 Å². The highest BCUT2D eigenvalue weighted by molar-refractivity contribution is 5.19. The number of hydrogen-bond acceptors (Lipinski definition) is 2. The first kappa shape index (κ1) is 12.3. The first-order valence-electron chi connectivity index (χ1n) is 6.38. The van der Waals surface area contributed by atoms with Crippen LogP contribution in [0.4, 0.5) is 8.78 Å². The van der Waals surface area contributed by atoms with Gasteiger partial charge in [0.15, 0.2) is 0 Å². The fraction of sp³-hybridized carbons (Fsp3) is 0.357. The first-order chi connectivity index (χ1) is 9.20. The van der Waals surface area contributed by atoms with Gasteiger partial charge in [-0.1, -0.05) is 6.07 Å². The van der Waals surface area contributed by atoms with E-state index in [1.165, 1.54) is 25.0 Å². The molecule has 0 radical (unpaired) electrons. The van der Waals surface area contributed by atoms with E-state index < -0.39 is 11.6 Å². The quantitative estimate of drug-likeness (QED) is 0.898. The van der Waals surface area contributed by atoms with Crippen molar-refractivity contribution in [2.24, 2.45) is 0 Å². The Bertz CT molecular complexity index is 576. The lowest BCUT2D eigenvalue weighted by Gasteiger charge is -2.04. The van der Waals surface area contributed by atoms with Crippen LogP contribution in [0.3, 0.4) is 0 Å². The smallest absolute Gasteiger partial charge is 0.131 e. The topological polar surface area (TPSA) is 29.9 Å². The third-order valence-electron chi connectivity index (χ3n) is 3.20. The van der Waals surface area contributed by atoms with Crippen LogP contribution in [-0.2, 0) is 13.1 Å². The van der Waals surface area contributed by atoms with Crippen molar-refractivity contribution in [3.8, 4) is 0 Å². The van der Waals surface area contributed by atoms with E-state index in [1.54, 1.807) is 10.9 Å². The lowest BCUT2D eigenvalue weighted by atomic mass is 10.2. The zero-order chi connectivity index (χ0) is 13.2. The molecule has 0 spiro atoms. The van der Waals surface area contributed by atoms with Gasteiger partial charge in [0.05, 0.1) is 18.6 Å². The number of nitrogens with one attached hydrogen (secondary N) is 1. The highest BCUT2D eigenvalue weighted by Crippen LogP contribution is 2.19. The summed E-state index contributed by atoms with van der Waals surface area (Å²) in [6.07, 6.45) is 6.04. The lowest BCUT2D eigenvalue weighted by molar-refractivity contribution is 0.566. The molecule has 0 aliphatic heterocycles. The van der Waals surface area contributed by atoms with Gasteiger partial charge in [-0.25, -0.2) is 13.8 Å². The molecule has 100 valence electrons. The molecule has 19 heavy (non-hydrogen) atoms. The van der Waals surface area contributed by atoms with Gasteiger partial charge in [0.1, 0.15) is 11.6 Å². The molecule has 0 unspecified atom stereocenters. The van der Waals surface area contributed by atoms with Crippen LogP contribution in [-0.4, -0.2) is 15.6 Å². The zero-order valence-corrected chi connectivity index (χ0v) is 10.4. The molecule has 1 aliphatic rings. The van der Waals surface area contributed by atoms with E-state index in [4.69, 9.17) is 0 Å². The minimum absolute atomic E-state index is 0.364. The van der Waals surface area contributed by atoms with Crippen molar-refractivity contribution < 1.29 is 8.78 Å². The van der Waals surface area contributed by atoms with Crippen LogP contribution in [0, 0.1) is 11.6 Å². The third-order valence-corrected chi connectivity index (χ3v) is 3.20. The minimum Gasteiger partial charge on any atom is -0.333 e. The van der Waals surface area contributed by atoms with Gasteiger partial charge in [-0.05, 0) is 18.9 Å². The number of aromatic nitrogens is 2. The van der Waals surface area contributed by atoms with Gasteiger partial charge in [0, 0.05) is 30.4 Å². The van der Waals surface area contributed by atoms with E-state index in [-0.39, 0.29) is 0 Å². The zero-order valence-electron chi connectivity index (χ0n) is 10.4. The van der Waals surface area contributed by atoms with Crippen molar-refractivity contribution >= 4 is 0 Å². The normalized spacial score (nSPS) is 14.8. The maximum Gasteiger partial charge on any atom is 0.131 e. The van der Waals surface area contributed by atoms with Crippen molar-refractivity contribution in [2.45, 2.75) is 32.0 Å². The summed E-state index contributed by atoms with van der Waals surface area (Å²) in [6.45, 7) is 1.10. The van der Waals surface area contributed by atoms with Crippen molar-refractivity contribution in [1.82, 2.24) is 14.9 Å². The summed E-state index contributed by atoms with van der Waals surface area (Å²) < 4.78 is 28.1. The lowest BCUT2D eigenvalue weighted by Crippen LogP contribution is -2.15. The summed E-state index contributed by atoms with van der Waals surface area (Å²) in [7, 11) is 0. The molecule has 5 heteroatoms. The molecule has 3 nitrogen and oxygen atoms in total. The molecule has 1 aliphatic carbocycles. The van der Waals surface area contributed by atoms with Crippen molar-refractivity contribution in [2.75, 3.05) is 0 Å². The number of benzene rings is 1. The highest BCUT2D eigenvalue weighted by Gasteiger charge is 2.20. The van der Waals surface area contributed by atoms with Crippen molar-refractivity contribution in [3.05, 3.63) is 53.6 Å². The molecule has 3 rings (SSSR count). The monoisotopic (exact) mass is 263 g/mol. The van der Waals surface area contributed by atoms with E-state index in [2.05, 4.69) is 10.3 Å². The molecule has 0 bridgehead atoms. The van der Waals surface area contributed by atoms with Gasteiger partial charge in [0.25, 0.3) is 0 Å². The Kier molecular flexibility index (Phi) is 3.29. The Hall–Kier alpha value is -1.75. The fourth-order valence-corrected chi connectivity index (χ4v) is 1.97. The van der Waals surface area contributed by atoms with Crippen molar-refractivity contribution in [3.63, 3.8) is 0 Å². The molecule has 0 atom stereocenters. The molecule has 0 amide bonds. The molecule has 0 saturated heterocycles. The van der Waals surface area contributed by atoms with Crippen LogP contribution in [0.1, 0.15) is 24.1 Å².